The minimum atomic E-state index is -0.0317. The Hall–Kier alpha value is -1.32. The van der Waals surface area contributed by atoms with Crippen molar-refractivity contribution in [1.82, 2.24) is 14.9 Å². The van der Waals surface area contributed by atoms with E-state index in [0.717, 1.165) is 42.8 Å². The lowest BCUT2D eigenvalue weighted by Gasteiger charge is -2.56. The molecule has 4 fully saturated rings. The third-order valence-electron chi connectivity index (χ3n) is 5.78. The van der Waals surface area contributed by atoms with Gasteiger partial charge in [-0.05, 0) is 56.3 Å². The van der Waals surface area contributed by atoms with Crippen molar-refractivity contribution in [3.8, 4) is 0 Å². The summed E-state index contributed by atoms with van der Waals surface area (Å²) in [7, 11) is 1.93. The molecular weight excluding hydrogens is 250 g/mol. The van der Waals surface area contributed by atoms with Crippen LogP contribution in [0, 0.1) is 23.2 Å². The van der Waals surface area contributed by atoms with Gasteiger partial charge in [-0.2, -0.15) is 0 Å². The summed E-state index contributed by atoms with van der Waals surface area (Å²) in [5, 5.41) is 0. The zero-order valence-electron chi connectivity index (χ0n) is 12.1. The maximum atomic E-state index is 13.0. The highest BCUT2D eigenvalue weighted by molar-refractivity contribution is 5.83. The number of amides is 1. The number of hydrogen-bond donors (Lipinski definition) is 1. The molecule has 4 nitrogen and oxygen atoms in total. The molecule has 0 unspecified atom stereocenters. The first-order chi connectivity index (χ1) is 9.64. The van der Waals surface area contributed by atoms with Crippen LogP contribution in [0.5, 0.6) is 0 Å². The molecule has 1 amide bonds. The number of aromatic amines is 1. The van der Waals surface area contributed by atoms with E-state index in [1.54, 1.807) is 6.20 Å². The van der Waals surface area contributed by atoms with E-state index in [9.17, 15) is 4.79 Å². The van der Waals surface area contributed by atoms with E-state index in [4.69, 9.17) is 0 Å². The van der Waals surface area contributed by atoms with Crippen LogP contribution < -0.4 is 0 Å². The summed E-state index contributed by atoms with van der Waals surface area (Å²) in [5.74, 6) is 3.71. The zero-order valence-corrected chi connectivity index (χ0v) is 12.1. The van der Waals surface area contributed by atoms with Gasteiger partial charge in [0.2, 0.25) is 5.91 Å². The molecule has 20 heavy (non-hydrogen) atoms. The van der Waals surface area contributed by atoms with Crippen LogP contribution in [0.4, 0.5) is 0 Å². The average Bonchev–Trinajstić information content (AvgIpc) is 2.89. The number of carbonyl (C=O) groups excluding carboxylic acids is 1. The van der Waals surface area contributed by atoms with Gasteiger partial charge in [0.05, 0.1) is 12.0 Å². The third kappa shape index (κ3) is 1.88. The Bertz CT molecular complexity index is 473. The Kier molecular flexibility index (Phi) is 2.69. The van der Waals surface area contributed by atoms with Gasteiger partial charge in [0.15, 0.2) is 0 Å². The molecule has 4 aliphatic carbocycles. The number of rotatable bonds is 3. The second kappa shape index (κ2) is 4.34. The topological polar surface area (TPSA) is 49.0 Å². The van der Waals surface area contributed by atoms with Crippen LogP contribution in [0.1, 0.15) is 44.3 Å². The third-order valence-corrected chi connectivity index (χ3v) is 5.78. The summed E-state index contributed by atoms with van der Waals surface area (Å²) in [6.07, 6.45) is 11.1. The lowest BCUT2D eigenvalue weighted by Crippen LogP contribution is -2.53. The monoisotopic (exact) mass is 273 g/mol. The summed E-state index contributed by atoms with van der Waals surface area (Å²) in [5.41, 5.74) is -0.0317. The fourth-order valence-corrected chi connectivity index (χ4v) is 5.46. The normalized spacial score (nSPS) is 38.1. The zero-order chi connectivity index (χ0) is 13.7. The van der Waals surface area contributed by atoms with Crippen molar-refractivity contribution < 1.29 is 4.79 Å². The quantitative estimate of drug-likeness (QED) is 0.920. The first-order valence-corrected chi connectivity index (χ1v) is 7.88. The van der Waals surface area contributed by atoms with Crippen molar-refractivity contribution in [3.05, 3.63) is 18.2 Å². The van der Waals surface area contributed by atoms with Gasteiger partial charge in [-0.15, -0.1) is 0 Å². The van der Waals surface area contributed by atoms with Crippen LogP contribution in [0.2, 0.25) is 0 Å². The molecule has 0 aliphatic heterocycles. The summed E-state index contributed by atoms with van der Waals surface area (Å²) in [6.45, 7) is 0.605. The number of H-pyrrole nitrogens is 1. The molecule has 1 N–H and O–H groups in total. The molecule has 1 heterocycles. The Labute approximate surface area is 120 Å². The van der Waals surface area contributed by atoms with Crippen molar-refractivity contribution >= 4 is 5.91 Å². The van der Waals surface area contributed by atoms with Crippen LogP contribution in [-0.2, 0) is 11.3 Å². The van der Waals surface area contributed by atoms with Gasteiger partial charge in [0, 0.05) is 19.4 Å². The molecule has 4 heteroatoms. The fraction of sp³-hybridized carbons (Fsp3) is 0.750. The molecule has 4 bridgehead atoms. The summed E-state index contributed by atoms with van der Waals surface area (Å²) in [6, 6.07) is 0. The number of imidazole rings is 1. The largest absolute Gasteiger partial charge is 0.347 e. The molecule has 1 aromatic heterocycles. The second-order valence-corrected chi connectivity index (χ2v) is 7.39. The number of nitrogens with zero attached hydrogens (tertiary/aromatic N) is 2. The van der Waals surface area contributed by atoms with E-state index in [1.807, 2.05) is 18.1 Å². The van der Waals surface area contributed by atoms with Gasteiger partial charge in [0.1, 0.15) is 5.82 Å². The van der Waals surface area contributed by atoms with Gasteiger partial charge < -0.3 is 9.88 Å². The van der Waals surface area contributed by atoms with Crippen LogP contribution >= 0.6 is 0 Å². The number of carbonyl (C=O) groups is 1. The SMILES string of the molecule is CN(Cc1ncc[nH]1)C(=O)C12CC3CC(CC(C3)C1)C2. The highest BCUT2D eigenvalue weighted by Crippen LogP contribution is 2.60. The van der Waals surface area contributed by atoms with Crippen molar-refractivity contribution in [3.63, 3.8) is 0 Å². The van der Waals surface area contributed by atoms with Crippen molar-refractivity contribution in [1.29, 1.82) is 0 Å². The first-order valence-electron chi connectivity index (χ1n) is 7.88. The molecule has 0 atom stereocenters. The van der Waals surface area contributed by atoms with Crippen molar-refractivity contribution in [2.75, 3.05) is 7.05 Å². The second-order valence-electron chi connectivity index (χ2n) is 7.39. The molecule has 5 rings (SSSR count). The van der Waals surface area contributed by atoms with E-state index in [-0.39, 0.29) is 5.41 Å². The number of aromatic nitrogens is 2. The number of hydrogen-bond acceptors (Lipinski definition) is 2. The van der Waals surface area contributed by atoms with Crippen LogP contribution in [-0.4, -0.2) is 27.8 Å². The van der Waals surface area contributed by atoms with Gasteiger partial charge in [-0.1, -0.05) is 0 Å². The molecule has 4 saturated carbocycles. The first kappa shape index (κ1) is 12.4. The summed E-state index contributed by atoms with van der Waals surface area (Å²) in [4.78, 5) is 22.2. The lowest BCUT2D eigenvalue weighted by molar-refractivity contribution is -0.156. The highest BCUT2D eigenvalue weighted by Gasteiger charge is 2.55. The Morgan fingerprint density at radius 3 is 2.40 bits per heavy atom. The van der Waals surface area contributed by atoms with Crippen molar-refractivity contribution in [2.24, 2.45) is 23.2 Å². The van der Waals surface area contributed by atoms with E-state index < -0.39 is 0 Å². The number of nitrogens with one attached hydrogen (secondary N) is 1. The van der Waals surface area contributed by atoms with E-state index in [1.165, 1.54) is 19.3 Å². The van der Waals surface area contributed by atoms with Gasteiger partial charge in [0.25, 0.3) is 0 Å². The highest BCUT2D eigenvalue weighted by atomic mass is 16.2. The molecule has 108 valence electrons. The minimum absolute atomic E-state index is 0.0317. The van der Waals surface area contributed by atoms with Crippen molar-refractivity contribution in [2.45, 2.75) is 45.1 Å². The predicted molar refractivity (Wildman–Crippen MR) is 75.7 cm³/mol. The standard InChI is InChI=1S/C16H23N3O/c1-19(10-14-17-2-3-18-14)15(20)16-7-11-4-12(8-16)6-13(5-11)9-16/h2-3,11-13H,4-10H2,1H3,(H,17,18). The van der Waals surface area contributed by atoms with E-state index >= 15 is 0 Å². The molecule has 0 aromatic carbocycles. The molecule has 1 aromatic rings. The van der Waals surface area contributed by atoms with E-state index in [0.29, 0.717) is 12.5 Å². The minimum Gasteiger partial charge on any atom is -0.347 e. The van der Waals surface area contributed by atoms with Crippen LogP contribution in [0.25, 0.3) is 0 Å². The summed E-state index contributed by atoms with van der Waals surface area (Å²) < 4.78 is 0. The predicted octanol–water partition coefficient (Wildman–Crippen LogP) is 2.58. The Morgan fingerprint density at radius 1 is 1.30 bits per heavy atom. The van der Waals surface area contributed by atoms with Crippen LogP contribution in [0.3, 0.4) is 0 Å². The maximum Gasteiger partial charge on any atom is 0.228 e. The molecule has 0 radical (unpaired) electrons. The lowest BCUT2D eigenvalue weighted by atomic mass is 9.49. The molecular formula is C16H23N3O. The average molecular weight is 273 g/mol. The summed E-state index contributed by atoms with van der Waals surface area (Å²) >= 11 is 0. The molecule has 0 saturated heterocycles. The van der Waals surface area contributed by atoms with Gasteiger partial charge in [-0.3, -0.25) is 4.79 Å². The van der Waals surface area contributed by atoms with Gasteiger partial charge in [-0.25, -0.2) is 4.98 Å². The Balaban J connectivity index is 1.53. The smallest absolute Gasteiger partial charge is 0.228 e. The Morgan fingerprint density at radius 2 is 1.90 bits per heavy atom. The molecule has 4 aliphatic rings. The van der Waals surface area contributed by atoms with Crippen LogP contribution in [0.15, 0.2) is 12.4 Å². The fourth-order valence-electron chi connectivity index (χ4n) is 5.46. The maximum absolute atomic E-state index is 13.0. The van der Waals surface area contributed by atoms with E-state index in [2.05, 4.69) is 9.97 Å². The van der Waals surface area contributed by atoms with Gasteiger partial charge >= 0.3 is 0 Å². The molecule has 0 spiro atoms.